The summed E-state index contributed by atoms with van der Waals surface area (Å²) in [5.41, 5.74) is 9.39. The predicted molar refractivity (Wildman–Crippen MR) is 89.7 cm³/mol. The molecule has 0 saturated heterocycles. The summed E-state index contributed by atoms with van der Waals surface area (Å²) in [6.45, 7) is 5.69. The molecule has 0 unspecified atom stereocenters. The molecule has 23 heavy (non-hydrogen) atoms. The van der Waals surface area contributed by atoms with Gasteiger partial charge in [0.2, 0.25) is 11.9 Å². The Morgan fingerprint density at radius 3 is 2.74 bits per heavy atom. The van der Waals surface area contributed by atoms with Crippen LogP contribution in [0.25, 0.3) is 0 Å². The van der Waals surface area contributed by atoms with Gasteiger partial charge in [0.15, 0.2) is 0 Å². The number of nitrogens with two attached hydrogens (primary N) is 1. The number of guanidine groups is 1. The highest BCUT2D eigenvalue weighted by atomic mass is 16.1. The van der Waals surface area contributed by atoms with Crippen LogP contribution < -0.4 is 16.6 Å². The van der Waals surface area contributed by atoms with Crippen molar-refractivity contribution in [2.24, 2.45) is 10.7 Å². The van der Waals surface area contributed by atoms with E-state index in [-0.39, 0.29) is 23.9 Å². The van der Waals surface area contributed by atoms with Crippen LogP contribution in [0.4, 0.5) is 11.6 Å². The minimum atomic E-state index is -0.378. The number of aryl methyl sites for hydroxylation is 3. The van der Waals surface area contributed by atoms with E-state index in [4.69, 9.17) is 11.0 Å². The first-order chi connectivity index (χ1) is 10.9. The Bertz CT molecular complexity index is 860. The van der Waals surface area contributed by atoms with Gasteiger partial charge >= 0.3 is 0 Å². The van der Waals surface area contributed by atoms with Crippen LogP contribution in [0.1, 0.15) is 22.4 Å². The number of hydrogen-bond donors (Lipinski definition) is 3. The van der Waals surface area contributed by atoms with Crippen molar-refractivity contribution in [2.45, 2.75) is 27.2 Å². The summed E-state index contributed by atoms with van der Waals surface area (Å²) in [5, 5.41) is 11.7. The number of aromatic nitrogens is 2. The number of aliphatic imine (C=N–C) groups is 1. The molecule has 118 valence electrons. The van der Waals surface area contributed by atoms with Gasteiger partial charge in [-0.1, -0.05) is 6.07 Å². The summed E-state index contributed by atoms with van der Waals surface area (Å²) in [4.78, 5) is 22.6. The number of rotatable bonds is 3. The largest absolute Gasteiger partial charge is 0.369 e. The summed E-state index contributed by atoms with van der Waals surface area (Å²) in [6, 6.07) is 7.76. The Kier molecular flexibility index (Phi) is 4.76. The zero-order valence-corrected chi connectivity index (χ0v) is 13.3. The van der Waals surface area contributed by atoms with E-state index in [1.807, 2.05) is 38.1 Å². The van der Waals surface area contributed by atoms with Crippen LogP contribution in [0.5, 0.6) is 0 Å². The highest BCUT2D eigenvalue weighted by Gasteiger charge is 2.07. The normalized spacial score (nSPS) is 11.1. The fourth-order valence-corrected chi connectivity index (χ4v) is 2.04. The van der Waals surface area contributed by atoms with Crippen LogP contribution in [0.2, 0.25) is 0 Å². The lowest BCUT2D eigenvalue weighted by Gasteiger charge is -2.08. The van der Waals surface area contributed by atoms with Crippen LogP contribution in [-0.2, 0) is 6.42 Å². The first-order valence-electron chi connectivity index (χ1n) is 7.06. The molecular formula is C16H18N6O. The number of aromatic amines is 1. The number of anilines is 1. The van der Waals surface area contributed by atoms with Gasteiger partial charge < -0.3 is 11.1 Å². The molecular weight excluding hydrogens is 292 g/mol. The van der Waals surface area contributed by atoms with Gasteiger partial charge in [0.1, 0.15) is 0 Å². The summed E-state index contributed by atoms with van der Waals surface area (Å²) < 4.78 is 0. The molecule has 4 N–H and O–H groups in total. The minimum Gasteiger partial charge on any atom is -0.369 e. The van der Waals surface area contributed by atoms with Crippen LogP contribution in [0.3, 0.4) is 0 Å². The molecule has 0 spiro atoms. The molecule has 0 fully saturated rings. The minimum absolute atomic E-state index is 0.00847. The molecule has 0 amide bonds. The molecule has 7 heteroatoms. The highest BCUT2D eigenvalue weighted by molar-refractivity contribution is 5.93. The summed E-state index contributed by atoms with van der Waals surface area (Å²) in [5.74, 6) is 0.215. The number of nitrogens with one attached hydrogen (secondary N) is 2. The van der Waals surface area contributed by atoms with Crippen LogP contribution in [0, 0.1) is 32.1 Å². The number of nitriles is 1. The second-order valence-corrected chi connectivity index (χ2v) is 5.21. The smallest absolute Gasteiger partial charge is 0.256 e. The third-order valence-electron chi connectivity index (χ3n) is 3.47. The quantitative estimate of drug-likeness (QED) is 0.590. The van der Waals surface area contributed by atoms with E-state index >= 15 is 0 Å². The Labute approximate surface area is 133 Å². The molecule has 0 aliphatic rings. The van der Waals surface area contributed by atoms with E-state index in [9.17, 15) is 4.79 Å². The van der Waals surface area contributed by atoms with Crippen LogP contribution in [0.15, 0.2) is 28.0 Å². The van der Waals surface area contributed by atoms with Gasteiger partial charge in [-0.25, -0.2) is 4.98 Å². The Balaban J connectivity index is 2.25. The van der Waals surface area contributed by atoms with Gasteiger partial charge in [0.05, 0.1) is 23.7 Å². The fraction of sp³-hybridized carbons (Fsp3) is 0.250. The van der Waals surface area contributed by atoms with Crippen molar-refractivity contribution in [1.82, 2.24) is 9.97 Å². The number of nitrogens with zero attached hydrogens (tertiary/aromatic N) is 3. The maximum atomic E-state index is 11.9. The zero-order chi connectivity index (χ0) is 17.0. The lowest BCUT2D eigenvalue weighted by Crippen LogP contribution is -2.23. The van der Waals surface area contributed by atoms with Gasteiger partial charge in [-0.2, -0.15) is 10.3 Å². The van der Waals surface area contributed by atoms with E-state index in [1.165, 1.54) is 5.56 Å². The Morgan fingerprint density at radius 1 is 1.39 bits per heavy atom. The lowest BCUT2D eigenvalue weighted by molar-refractivity contribution is 0.987. The fourth-order valence-electron chi connectivity index (χ4n) is 2.04. The molecule has 0 aliphatic carbocycles. The monoisotopic (exact) mass is 310 g/mol. The second-order valence-electron chi connectivity index (χ2n) is 5.21. The molecule has 0 radical (unpaired) electrons. The average Bonchev–Trinajstić information content (AvgIpc) is 2.47. The molecule has 0 atom stereocenters. The number of benzene rings is 1. The molecule has 0 saturated carbocycles. The van der Waals surface area contributed by atoms with Crippen LogP contribution in [-0.4, -0.2) is 15.9 Å². The highest BCUT2D eigenvalue weighted by Crippen LogP contribution is 2.14. The van der Waals surface area contributed by atoms with Crippen molar-refractivity contribution in [2.75, 3.05) is 5.32 Å². The molecule has 0 bridgehead atoms. The SMILES string of the molecule is Cc1ccc(NC(N)=Nc2nc(C)c(CC#N)c(=O)[nH]2)cc1C. The molecule has 1 aromatic carbocycles. The van der Waals surface area contributed by atoms with Gasteiger partial charge in [-0.15, -0.1) is 0 Å². The molecule has 2 rings (SSSR count). The van der Waals surface area contributed by atoms with E-state index in [0.29, 0.717) is 11.3 Å². The van der Waals surface area contributed by atoms with Gasteiger partial charge in [-0.3, -0.25) is 9.78 Å². The third-order valence-corrected chi connectivity index (χ3v) is 3.47. The van der Waals surface area contributed by atoms with Crippen molar-refractivity contribution in [3.8, 4) is 6.07 Å². The van der Waals surface area contributed by atoms with E-state index in [0.717, 1.165) is 11.3 Å². The van der Waals surface area contributed by atoms with Crippen molar-refractivity contribution in [3.63, 3.8) is 0 Å². The van der Waals surface area contributed by atoms with Crippen molar-refractivity contribution < 1.29 is 0 Å². The average molecular weight is 310 g/mol. The lowest BCUT2D eigenvalue weighted by atomic mass is 10.1. The van der Waals surface area contributed by atoms with Gasteiger partial charge in [0, 0.05) is 5.69 Å². The van der Waals surface area contributed by atoms with Crippen LogP contribution >= 0.6 is 0 Å². The second kappa shape index (κ2) is 6.75. The molecule has 1 aromatic heterocycles. The molecule has 7 nitrogen and oxygen atoms in total. The van der Waals surface area contributed by atoms with Gasteiger partial charge in [-0.05, 0) is 44.0 Å². The number of H-pyrrole nitrogens is 1. The van der Waals surface area contributed by atoms with Crippen molar-refractivity contribution in [3.05, 3.63) is 50.9 Å². The summed E-state index contributed by atoms with van der Waals surface area (Å²) in [7, 11) is 0. The van der Waals surface area contributed by atoms with Crippen molar-refractivity contribution in [1.29, 1.82) is 5.26 Å². The third kappa shape index (κ3) is 3.95. The topological polar surface area (TPSA) is 120 Å². The van der Waals surface area contributed by atoms with Crippen molar-refractivity contribution >= 4 is 17.6 Å². The maximum Gasteiger partial charge on any atom is 0.256 e. The van der Waals surface area contributed by atoms with E-state index in [1.54, 1.807) is 6.92 Å². The Hall–Kier alpha value is -3.14. The molecule has 2 aromatic rings. The predicted octanol–water partition coefficient (Wildman–Crippen LogP) is 1.82. The first-order valence-corrected chi connectivity index (χ1v) is 7.06. The van der Waals surface area contributed by atoms with Gasteiger partial charge in [0.25, 0.3) is 5.56 Å². The maximum absolute atomic E-state index is 11.9. The zero-order valence-electron chi connectivity index (χ0n) is 13.3. The van der Waals surface area contributed by atoms with E-state index < -0.39 is 0 Å². The summed E-state index contributed by atoms with van der Waals surface area (Å²) in [6.07, 6.45) is 0.00847. The molecule has 1 heterocycles. The first kappa shape index (κ1) is 16.2. The van der Waals surface area contributed by atoms with E-state index in [2.05, 4.69) is 20.3 Å². The standard InChI is InChI=1S/C16H18N6O/c1-9-4-5-12(8-10(9)2)20-15(18)22-16-19-11(3)13(6-7-17)14(23)21-16/h4-5,8H,6H2,1-3H3,(H4,18,19,20,21,22,23). The Morgan fingerprint density at radius 2 is 2.13 bits per heavy atom. The molecule has 0 aliphatic heterocycles. The summed E-state index contributed by atoms with van der Waals surface area (Å²) >= 11 is 0. The number of hydrogen-bond acceptors (Lipinski definition) is 4.